The summed E-state index contributed by atoms with van der Waals surface area (Å²) in [5.74, 6) is 0. The number of allylic oxidation sites excluding steroid dienone is 1. The van der Waals surface area contributed by atoms with Crippen LogP contribution in [0.25, 0.3) is 6.08 Å². The highest BCUT2D eigenvalue weighted by Crippen LogP contribution is 2.09. The van der Waals surface area contributed by atoms with E-state index in [-0.39, 0.29) is 0 Å². The Bertz CT molecular complexity index is 471. The molecule has 1 aromatic carbocycles. The van der Waals surface area contributed by atoms with Gasteiger partial charge in [-0.3, -0.25) is 9.11 Å². The standard InChI is InChI=1S/C13H19N.H2O4S/c1-4-14(5-2)12(3)11-13-9-7-6-8-10-13;1-5(2,3)4/h6-11H,4-5H2,1-3H3;(H2,1,2,3,4). The van der Waals surface area contributed by atoms with Crippen LogP contribution < -0.4 is 0 Å². The van der Waals surface area contributed by atoms with Crippen LogP contribution in [0.4, 0.5) is 0 Å². The molecule has 0 aromatic heterocycles. The molecular formula is C13H21NO4S. The fourth-order valence-electron chi connectivity index (χ4n) is 1.60. The van der Waals surface area contributed by atoms with Crippen LogP contribution >= 0.6 is 0 Å². The quantitative estimate of drug-likeness (QED) is 0.833. The third-order valence-corrected chi connectivity index (χ3v) is 2.44. The average molecular weight is 287 g/mol. The predicted molar refractivity (Wildman–Crippen MR) is 77.2 cm³/mol. The SMILES string of the molecule is CCN(CC)C(C)=Cc1ccccc1.O=S(=O)(O)O. The van der Waals surface area contributed by atoms with Crippen LogP contribution in [-0.4, -0.2) is 35.5 Å². The van der Waals surface area contributed by atoms with Gasteiger partial charge in [-0.25, -0.2) is 0 Å². The predicted octanol–water partition coefficient (Wildman–Crippen LogP) is 2.74. The molecule has 0 aliphatic rings. The maximum absolute atomic E-state index is 8.74. The number of benzene rings is 1. The van der Waals surface area contributed by atoms with Crippen molar-refractivity contribution in [2.24, 2.45) is 0 Å². The summed E-state index contributed by atoms with van der Waals surface area (Å²) in [7, 11) is -4.67. The van der Waals surface area contributed by atoms with Crippen LogP contribution in [0, 0.1) is 0 Å². The number of hydrogen-bond donors (Lipinski definition) is 2. The minimum Gasteiger partial charge on any atom is -0.376 e. The molecule has 1 rings (SSSR count). The molecule has 5 nitrogen and oxygen atoms in total. The first-order valence-electron chi connectivity index (χ1n) is 5.96. The molecule has 2 N–H and O–H groups in total. The lowest BCUT2D eigenvalue weighted by Gasteiger charge is -2.21. The second kappa shape index (κ2) is 8.68. The van der Waals surface area contributed by atoms with Crippen molar-refractivity contribution in [3.8, 4) is 0 Å². The molecule has 6 heteroatoms. The number of rotatable bonds is 4. The molecule has 0 atom stereocenters. The monoisotopic (exact) mass is 287 g/mol. The second-order valence-electron chi connectivity index (χ2n) is 3.82. The molecule has 0 aliphatic heterocycles. The molecule has 19 heavy (non-hydrogen) atoms. The maximum Gasteiger partial charge on any atom is 0.394 e. The maximum atomic E-state index is 8.74. The lowest BCUT2D eigenvalue weighted by Crippen LogP contribution is -2.20. The van der Waals surface area contributed by atoms with Crippen molar-refractivity contribution in [1.82, 2.24) is 4.90 Å². The molecule has 0 unspecified atom stereocenters. The van der Waals surface area contributed by atoms with Crippen LogP contribution in [0.1, 0.15) is 26.3 Å². The summed E-state index contributed by atoms with van der Waals surface area (Å²) in [6, 6.07) is 10.5. The van der Waals surface area contributed by atoms with Crippen molar-refractivity contribution in [2.75, 3.05) is 13.1 Å². The van der Waals surface area contributed by atoms with Crippen LogP contribution in [0.2, 0.25) is 0 Å². The summed E-state index contributed by atoms with van der Waals surface area (Å²) in [6.45, 7) is 8.69. The van der Waals surface area contributed by atoms with Crippen molar-refractivity contribution in [3.05, 3.63) is 41.6 Å². The Kier molecular flexibility index (Phi) is 8.06. The molecule has 1 aromatic rings. The average Bonchev–Trinajstić information content (AvgIpc) is 2.29. The van der Waals surface area contributed by atoms with Crippen LogP contribution in [-0.2, 0) is 10.4 Å². The minimum atomic E-state index is -4.67. The largest absolute Gasteiger partial charge is 0.394 e. The summed E-state index contributed by atoms with van der Waals surface area (Å²) in [6.07, 6.45) is 2.23. The van der Waals surface area contributed by atoms with Gasteiger partial charge in [0.15, 0.2) is 0 Å². The Morgan fingerprint density at radius 3 is 1.95 bits per heavy atom. The minimum absolute atomic E-state index is 1.08. The lowest BCUT2D eigenvalue weighted by atomic mass is 10.2. The van der Waals surface area contributed by atoms with E-state index in [1.165, 1.54) is 11.3 Å². The van der Waals surface area contributed by atoms with Crippen LogP contribution in [0.5, 0.6) is 0 Å². The van der Waals surface area contributed by atoms with Crippen molar-refractivity contribution < 1.29 is 17.5 Å². The van der Waals surface area contributed by atoms with Gasteiger partial charge in [0.1, 0.15) is 0 Å². The van der Waals surface area contributed by atoms with Gasteiger partial charge in [0, 0.05) is 18.8 Å². The molecule has 0 amide bonds. The van der Waals surface area contributed by atoms with E-state index in [1.807, 2.05) is 6.07 Å². The van der Waals surface area contributed by atoms with Gasteiger partial charge in [0.25, 0.3) is 0 Å². The van der Waals surface area contributed by atoms with E-state index < -0.39 is 10.4 Å². The number of nitrogens with zero attached hydrogens (tertiary/aromatic N) is 1. The summed E-state index contributed by atoms with van der Waals surface area (Å²) < 4.78 is 31.6. The third kappa shape index (κ3) is 10.3. The zero-order valence-corrected chi connectivity index (χ0v) is 12.3. The van der Waals surface area contributed by atoms with Crippen LogP contribution in [0.15, 0.2) is 36.0 Å². The third-order valence-electron chi connectivity index (χ3n) is 2.44. The zero-order chi connectivity index (χ0) is 14.9. The van der Waals surface area contributed by atoms with Gasteiger partial charge >= 0.3 is 10.4 Å². The van der Waals surface area contributed by atoms with Gasteiger partial charge in [0.05, 0.1) is 0 Å². The molecule has 0 saturated carbocycles. The fraction of sp³-hybridized carbons (Fsp3) is 0.385. The summed E-state index contributed by atoms with van der Waals surface area (Å²) in [5.41, 5.74) is 2.61. The second-order valence-corrected chi connectivity index (χ2v) is 4.71. The van der Waals surface area contributed by atoms with E-state index in [0.717, 1.165) is 13.1 Å². The summed E-state index contributed by atoms with van der Waals surface area (Å²) >= 11 is 0. The first-order valence-corrected chi connectivity index (χ1v) is 7.35. The summed E-state index contributed by atoms with van der Waals surface area (Å²) in [4.78, 5) is 2.35. The van der Waals surface area contributed by atoms with Gasteiger partial charge in [0.2, 0.25) is 0 Å². The molecular weight excluding hydrogens is 266 g/mol. The molecule has 0 saturated heterocycles. The molecule has 108 valence electrons. The highest BCUT2D eigenvalue weighted by Gasteiger charge is 1.98. The first kappa shape index (κ1) is 17.6. The molecule has 0 aliphatic carbocycles. The first-order chi connectivity index (χ1) is 8.77. The molecule has 0 spiro atoms. The van der Waals surface area contributed by atoms with Crippen LogP contribution in [0.3, 0.4) is 0 Å². The van der Waals surface area contributed by atoms with E-state index in [4.69, 9.17) is 17.5 Å². The molecule has 0 fully saturated rings. The Balaban J connectivity index is 0.000000555. The van der Waals surface area contributed by atoms with Crippen molar-refractivity contribution >= 4 is 16.5 Å². The van der Waals surface area contributed by atoms with Gasteiger partial charge in [-0.05, 0) is 32.4 Å². The zero-order valence-electron chi connectivity index (χ0n) is 11.4. The van der Waals surface area contributed by atoms with Crippen molar-refractivity contribution in [3.63, 3.8) is 0 Å². The van der Waals surface area contributed by atoms with Crippen molar-refractivity contribution in [1.29, 1.82) is 0 Å². The Labute approximate surface area is 115 Å². The molecule has 0 radical (unpaired) electrons. The molecule has 0 heterocycles. The Hall–Kier alpha value is -1.37. The van der Waals surface area contributed by atoms with E-state index in [0.29, 0.717) is 0 Å². The smallest absolute Gasteiger partial charge is 0.376 e. The van der Waals surface area contributed by atoms with Gasteiger partial charge < -0.3 is 4.90 Å². The van der Waals surface area contributed by atoms with E-state index in [9.17, 15) is 0 Å². The van der Waals surface area contributed by atoms with E-state index in [1.54, 1.807) is 0 Å². The Morgan fingerprint density at radius 1 is 1.16 bits per heavy atom. The molecule has 0 bridgehead atoms. The van der Waals surface area contributed by atoms with Crippen molar-refractivity contribution in [2.45, 2.75) is 20.8 Å². The normalized spacial score (nSPS) is 11.5. The topological polar surface area (TPSA) is 77.8 Å². The highest BCUT2D eigenvalue weighted by atomic mass is 32.3. The fourth-order valence-corrected chi connectivity index (χ4v) is 1.60. The van der Waals surface area contributed by atoms with Gasteiger partial charge in [-0.2, -0.15) is 8.42 Å². The highest BCUT2D eigenvalue weighted by molar-refractivity contribution is 7.79. The number of hydrogen-bond acceptors (Lipinski definition) is 3. The summed E-state index contributed by atoms with van der Waals surface area (Å²) in [5, 5.41) is 0. The lowest BCUT2D eigenvalue weighted by molar-refractivity contribution is 0.381. The van der Waals surface area contributed by atoms with Gasteiger partial charge in [-0.15, -0.1) is 0 Å². The van der Waals surface area contributed by atoms with Gasteiger partial charge in [-0.1, -0.05) is 30.3 Å². The Morgan fingerprint density at radius 2 is 1.58 bits per heavy atom. The van der Waals surface area contributed by atoms with E-state index >= 15 is 0 Å². The van der Waals surface area contributed by atoms with E-state index in [2.05, 4.69) is 56.0 Å².